The second-order valence-electron chi connectivity index (χ2n) is 8.34. The number of carboxylic acids is 1. The Bertz CT molecular complexity index is 792. The Morgan fingerprint density at radius 2 is 1.56 bits per heavy atom. The van der Waals surface area contributed by atoms with Crippen molar-refractivity contribution in [3.05, 3.63) is 0 Å². The van der Waals surface area contributed by atoms with Gasteiger partial charge in [0.15, 0.2) is 5.96 Å². The van der Waals surface area contributed by atoms with Gasteiger partial charge in [0.2, 0.25) is 23.6 Å². The Morgan fingerprint density at radius 1 is 0.944 bits per heavy atom. The molecule has 206 valence electrons. The van der Waals surface area contributed by atoms with Crippen molar-refractivity contribution in [2.75, 3.05) is 18.6 Å². The van der Waals surface area contributed by atoms with E-state index in [1.807, 2.05) is 13.2 Å². The number of nitrogens with one attached hydrogen (secondary N) is 3. The number of guanidine groups is 1. The minimum absolute atomic E-state index is 0.0952. The molecule has 14 nitrogen and oxygen atoms in total. The summed E-state index contributed by atoms with van der Waals surface area (Å²) in [7, 11) is 0. The molecule has 0 aliphatic heterocycles. The predicted octanol–water partition coefficient (Wildman–Crippen LogP) is -2.42. The zero-order valence-corrected chi connectivity index (χ0v) is 21.8. The van der Waals surface area contributed by atoms with Crippen molar-refractivity contribution in [1.29, 1.82) is 0 Å². The van der Waals surface area contributed by atoms with Gasteiger partial charge < -0.3 is 44.0 Å². The van der Waals surface area contributed by atoms with E-state index in [0.717, 1.165) is 0 Å². The molecular weight excluding hydrogens is 492 g/mol. The topological polar surface area (TPSA) is 258 Å². The van der Waals surface area contributed by atoms with Crippen LogP contribution in [0.1, 0.15) is 46.0 Å². The van der Waals surface area contributed by atoms with E-state index in [9.17, 15) is 29.1 Å². The molecule has 5 atom stereocenters. The Morgan fingerprint density at radius 3 is 2.06 bits per heavy atom. The number of amides is 4. The molecule has 0 bridgehead atoms. The number of thioether (sulfide) groups is 1. The van der Waals surface area contributed by atoms with E-state index in [4.69, 9.17) is 22.9 Å². The molecule has 0 spiro atoms. The molecule has 0 aromatic heterocycles. The molecule has 36 heavy (non-hydrogen) atoms. The molecule has 0 radical (unpaired) electrons. The minimum atomic E-state index is -1.27. The first kappa shape index (κ1) is 32.9. The van der Waals surface area contributed by atoms with Crippen LogP contribution in [0, 0.1) is 5.92 Å². The summed E-state index contributed by atoms with van der Waals surface area (Å²) in [5.74, 6) is -4.03. The van der Waals surface area contributed by atoms with Gasteiger partial charge in [-0.25, -0.2) is 4.79 Å². The highest BCUT2D eigenvalue weighted by molar-refractivity contribution is 7.98. The highest BCUT2D eigenvalue weighted by atomic mass is 32.2. The lowest BCUT2D eigenvalue weighted by atomic mass is 9.97. The third kappa shape index (κ3) is 13.1. The van der Waals surface area contributed by atoms with Gasteiger partial charge in [-0.3, -0.25) is 24.2 Å². The van der Waals surface area contributed by atoms with Crippen molar-refractivity contribution in [1.82, 2.24) is 16.0 Å². The van der Waals surface area contributed by atoms with E-state index >= 15 is 0 Å². The molecule has 4 amide bonds. The van der Waals surface area contributed by atoms with E-state index in [1.165, 1.54) is 11.8 Å². The summed E-state index contributed by atoms with van der Waals surface area (Å²) in [6, 6.07) is -4.57. The van der Waals surface area contributed by atoms with Gasteiger partial charge in [0, 0.05) is 6.54 Å². The van der Waals surface area contributed by atoms with E-state index in [2.05, 4.69) is 20.9 Å². The first-order chi connectivity index (χ1) is 16.8. The van der Waals surface area contributed by atoms with Gasteiger partial charge in [0.1, 0.15) is 18.1 Å². The van der Waals surface area contributed by atoms with E-state index < -0.39 is 60.2 Å². The maximum atomic E-state index is 13.1. The van der Waals surface area contributed by atoms with Crippen LogP contribution in [0.15, 0.2) is 4.99 Å². The lowest BCUT2D eigenvalue weighted by Crippen LogP contribution is -2.58. The quantitative estimate of drug-likeness (QED) is 0.0526. The van der Waals surface area contributed by atoms with Gasteiger partial charge in [0.25, 0.3) is 0 Å². The van der Waals surface area contributed by atoms with E-state index in [1.54, 1.807) is 6.92 Å². The van der Waals surface area contributed by atoms with Crippen molar-refractivity contribution in [3.63, 3.8) is 0 Å². The van der Waals surface area contributed by atoms with Gasteiger partial charge in [-0.1, -0.05) is 20.3 Å². The summed E-state index contributed by atoms with van der Waals surface area (Å²) in [5.41, 5.74) is 21.4. The Labute approximate surface area is 215 Å². The zero-order valence-electron chi connectivity index (χ0n) is 21.0. The number of nitrogens with two attached hydrogens (primary N) is 4. The van der Waals surface area contributed by atoms with Crippen molar-refractivity contribution >= 4 is 47.3 Å². The maximum Gasteiger partial charge on any atom is 0.326 e. The summed E-state index contributed by atoms with van der Waals surface area (Å²) in [6.45, 7) is 3.73. The first-order valence-electron chi connectivity index (χ1n) is 11.6. The van der Waals surface area contributed by atoms with Gasteiger partial charge in [-0.15, -0.1) is 0 Å². The number of aliphatic carboxylic acids is 1. The maximum absolute atomic E-state index is 13.1. The van der Waals surface area contributed by atoms with Crippen LogP contribution >= 0.6 is 11.8 Å². The summed E-state index contributed by atoms with van der Waals surface area (Å²) in [5, 5.41) is 17.0. The monoisotopic (exact) mass is 532 g/mol. The molecule has 0 saturated heterocycles. The van der Waals surface area contributed by atoms with Crippen LogP contribution in [0.3, 0.4) is 0 Å². The standard InChI is InChI=1S/C21H40N8O6S/c1-4-11(2)16(19(33)28-14(20(34)35)7-9-36-3)29-18(32)13(6-5-8-26-21(24)25)27-17(31)12(22)10-15(23)30/h11-14,16H,4-10,22H2,1-3H3,(H2,23,30)(H,27,31)(H,28,33)(H,29,32)(H,34,35)(H4,24,25,26). The summed E-state index contributed by atoms with van der Waals surface area (Å²) < 4.78 is 0. The van der Waals surface area contributed by atoms with E-state index in [-0.39, 0.29) is 31.3 Å². The molecule has 0 aromatic carbocycles. The minimum Gasteiger partial charge on any atom is -0.480 e. The summed E-state index contributed by atoms with van der Waals surface area (Å²) in [4.78, 5) is 65.0. The molecule has 0 rings (SSSR count). The van der Waals surface area contributed by atoms with E-state index in [0.29, 0.717) is 18.6 Å². The van der Waals surface area contributed by atoms with Gasteiger partial charge in [-0.2, -0.15) is 11.8 Å². The molecule has 0 saturated carbocycles. The zero-order chi connectivity index (χ0) is 27.8. The summed E-state index contributed by atoms with van der Waals surface area (Å²) >= 11 is 1.44. The van der Waals surface area contributed by atoms with Gasteiger partial charge in [0.05, 0.1) is 12.5 Å². The molecule has 5 unspecified atom stereocenters. The highest BCUT2D eigenvalue weighted by Crippen LogP contribution is 2.11. The lowest BCUT2D eigenvalue weighted by molar-refractivity contribution is -0.142. The van der Waals surface area contributed by atoms with Crippen LogP contribution < -0.4 is 38.9 Å². The van der Waals surface area contributed by atoms with Crippen molar-refractivity contribution in [2.45, 2.75) is 70.1 Å². The Hall–Kier alpha value is -3.07. The smallest absolute Gasteiger partial charge is 0.326 e. The molecule has 0 aromatic rings. The second kappa shape index (κ2) is 17.4. The van der Waals surface area contributed by atoms with Gasteiger partial charge in [-0.05, 0) is 37.2 Å². The van der Waals surface area contributed by atoms with Crippen molar-refractivity contribution in [3.8, 4) is 0 Å². The molecule has 0 fully saturated rings. The van der Waals surface area contributed by atoms with Crippen LogP contribution in [-0.2, 0) is 24.0 Å². The molecular formula is C21H40N8O6S. The number of carboxylic acid groups (broad SMARTS) is 1. The number of aliphatic imine (C=N–C) groups is 1. The fraction of sp³-hybridized carbons (Fsp3) is 0.714. The number of rotatable bonds is 18. The molecule has 0 aliphatic rings. The number of hydrogen-bond acceptors (Lipinski definition) is 8. The van der Waals surface area contributed by atoms with Crippen LogP contribution in [0.4, 0.5) is 0 Å². The van der Waals surface area contributed by atoms with Crippen LogP contribution in [0.25, 0.3) is 0 Å². The number of primary amides is 1. The van der Waals surface area contributed by atoms with Crippen molar-refractivity contribution in [2.24, 2.45) is 33.8 Å². The van der Waals surface area contributed by atoms with Crippen molar-refractivity contribution < 1.29 is 29.1 Å². The third-order valence-electron chi connectivity index (χ3n) is 5.35. The average molecular weight is 533 g/mol. The second-order valence-corrected chi connectivity index (χ2v) is 9.33. The number of hydrogen-bond donors (Lipinski definition) is 8. The molecule has 0 heterocycles. The number of carbonyl (C=O) groups is 5. The largest absolute Gasteiger partial charge is 0.480 e. The van der Waals surface area contributed by atoms with Crippen LogP contribution in [-0.4, -0.2) is 83.4 Å². The third-order valence-corrected chi connectivity index (χ3v) is 6.00. The number of carbonyl (C=O) groups excluding carboxylic acids is 4. The normalized spacial score (nSPS) is 14.9. The first-order valence-corrected chi connectivity index (χ1v) is 12.9. The van der Waals surface area contributed by atoms with Crippen LogP contribution in [0.2, 0.25) is 0 Å². The molecule has 15 heteroatoms. The van der Waals surface area contributed by atoms with Gasteiger partial charge >= 0.3 is 5.97 Å². The molecule has 0 aliphatic carbocycles. The number of nitrogens with zero attached hydrogens (tertiary/aromatic N) is 1. The fourth-order valence-corrected chi connectivity index (χ4v) is 3.54. The average Bonchev–Trinajstić information content (AvgIpc) is 2.80. The lowest BCUT2D eigenvalue weighted by Gasteiger charge is -2.28. The summed E-state index contributed by atoms with van der Waals surface area (Å²) in [6.07, 6.45) is 2.52. The fourth-order valence-electron chi connectivity index (χ4n) is 3.07. The SMILES string of the molecule is CCC(C)C(NC(=O)C(CCCN=C(N)N)NC(=O)C(N)CC(N)=O)C(=O)NC(CCSC)C(=O)O. The van der Waals surface area contributed by atoms with Crippen LogP contribution in [0.5, 0.6) is 0 Å². The highest BCUT2D eigenvalue weighted by Gasteiger charge is 2.32. The predicted molar refractivity (Wildman–Crippen MR) is 138 cm³/mol. The molecule has 12 N–H and O–H groups in total. The Balaban J connectivity index is 5.64. The Kier molecular flexibility index (Phi) is 15.9.